The van der Waals surface area contributed by atoms with Gasteiger partial charge in [-0.3, -0.25) is 14.5 Å². The fourth-order valence-electron chi connectivity index (χ4n) is 4.83. The van der Waals surface area contributed by atoms with Crippen molar-refractivity contribution in [2.75, 3.05) is 18.0 Å². The van der Waals surface area contributed by atoms with Gasteiger partial charge in [0.25, 0.3) is 5.91 Å². The lowest BCUT2D eigenvalue weighted by Crippen LogP contribution is -2.47. The Labute approximate surface area is 192 Å². The molecule has 33 heavy (non-hydrogen) atoms. The number of carbonyl (C=O) groups is 3. The molecular weight excluding hydrogens is 414 g/mol. The minimum absolute atomic E-state index is 0.255. The number of para-hydroxylation sites is 1. The first-order valence-corrected chi connectivity index (χ1v) is 11.2. The van der Waals surface area contributed by atoms with Gasteiger partial charge < -0.3 is 10.2 Å². The van der Waals surface area contributed by atoms with E-state index in [-0.39, 0.29) is 12.5 Å². The van der Waals surface area contributed by atoms with Crippen LogP contribution in [0.2, 0.25) is 0 Å². The van der Waals surface area contributed by atoms with Crippen LogP contribution in [0.1, 0.15) is 23.1 Å². The fourth-order valence-corrected chi connectivity index (χ4v) is 4.83. The molecule has 3 aromatic rings. The van der Waals surface area contributed by atoms with E-state index in [2.05, 4.69) is 5.32 Å². The molecule has 1 fully saturated rings. The van der Waals surface area contributed by atoms with E-state index in [0.717, 1.165) is 34.6 Å². The molecule has 1 atom stereocenters. The van der Waals surface area contributed by atoms with Crippen LogP contribution in [0.5, 0.6) is 0 Å². The van der Waals surface area contributed by atoms with Crippen molar-refractivity contribution >= 4 is 23.5 Å². The van der Waals surface area contributed by atoms with E-state index in [0.29, 0.717) is 18.5 Å². The molecule has 0 spiro atoms. The summed E-state index contributed by atoms with van der Waals surface area (Å²) in [7, 11) is 0. The van der Waals surface area contributed by atoms with E-state index in [1.807, 2.05) is 84.9 Å². The molecule has 5 rings (SSSR count). The Bertz CT molecular complexity index is 1200. The van der Waals surface area contributed by atoms with Gasteiger partial charge in [0.05, 0.1) is 0 Å². The van der Waals surface area contributed by atoms with Crippen molar-refractivity contribution in [1.29, 1.82) is 0 Å². The number of imide groups is 1. The zero-order valence-corrected chi connectivity index (χ0v) is 18.2. The van der Waals surface area contributed by atoms with E-state index < -0.39 is 17.5 Å². The number of urea groups is 1. The summed E-state index contributed by atoms with van der Waals surface area (Å²) in [5.74, 6) is -0.657. The summed E-state index contributed by atoms with van der Waals surface area (Å²) in [6.45, 7) is 0.287. The number of hydrogen-bond acceptors (Lipinski definition) is 3. The van der Waals surface area contributed by atoms with E-state index in [1.54, 1.807) is 4.90 Å². The van der Waals surface area contributed by atoms with Gasteiger partial charge in [0.15, 0.2) is 5.54 Å². The van der Waals surface area contributed by atoms with Crippen LogP contribution in [-0.2, 0) is 28.0 Å². The number of carbonyl (C=O) groups excluding carboxylic acids is 3. The van der Waals surface area contributed by atoms with Gasteiger partial charge in [0.2, 0.25) is 5.91 Å². The summed E-state index contributed by atoms with van der Waals surface area (Å²) in [5.41, 5.74) is 2.34. The third kappa shape index (κ3) is 3.78. The quantitative estimate of drug-likeness (QED) is 0.617. The fraction of sp³-hybridized carbons (Fsp3) is 0.222. The number of anilines is 1. The molecule has 2 aliphatic rings. The first-order chi connectivity index (χ1) is 16.1. The Hall–Kier alpha value is -3.93. The molecule has 2 aliphatic heterocycles. The van der Waals surface area contributed by atoms with E-state index >= 15 is 0 Å². The van der Waals surface area contributed by atoms with Crippen LogP contribution in [0.4, 0.5) is 10.5 Å². The molecule has 0 radical (unpaired) electrons. The number of hydrogen-bond donors (Lipinski definition) is 1. The third-order valence-corrected chi connectivity index (χ3v) is 6.46. The SMILES string of the molecule is O=C1N[C@](Cc2ccccc2)(c2ccccc2)C(=O)N1CC(=O)N1CCCc2ccccc21. The summed E-state index contributed by atoms with van der Waals surface area (Å²) in [4.78, 5) is 42.9. The van der Waals surface area contributed by atoms with Gasteiger partial charge >= 0.3 is 6.03 Å². The molecule has 0 aromatic heterocycles. The normalized spacial score (nSPS) is 19.9. The van der Waals surface area contributed by atoms with E-state index in [1.165, 1.54) is 0 Å². The lowest BCUT2D eigenvalue weighted by atomic mass is 9.83. The summed E-state index contributed by atoms with van der Waals surface area (Å²) in [6.07, 6.45) is 2.07. The monoisotopic (exact) mass is 439 g/mol. The third-order valence-electron chi connectivity index (χ3n) is 6.46. The maximum Gasteiger partial charge on any atom is 0.325 e. The lowest BCUT2D eigenvalue weighted by molar-refractivity contribution is -0.134. The molecule has 0 saturated carbocycles. The molecule has 4 amide bonds. The van der Waals surface area contributed by atoms with Crippen molar-refractivity contribution < 1.29 is 14.4 Å². The summed E-state index contributed by atoms with van der Waals surface area (Å²) in [6, 6.07) is 26.1. The highest BCUT2D eigenvalue weighted by molar-refractivity contribution is 6.11. The molecule has 6 heteroatoms. The highest BCUT2D eigenvalue weighted by atomic mass is 16.2. The van der Waals surface area contributed by atoms with Crippen molar-refractivity contribution in [3.8, 4) is 0 Å². The topological polar surface area (TPSA) is 69.7 Å². The summed E-state index contributed by atoms with van der Waals surface area (Å²) >= 11 is 0. The summed E-state index contributed by atoms with van der Waals surface area (Å²) < 4.78 is 0. The molecule has 166 valence electrons. The Balaban J connectivity index is 1.45. The first kappa shape index (κ1) is 20.9. The Morgan fingerprint density at radius 3 is 2.30 bits per heavy atom. The minimum atomic E-state index is -1.25. The Kier molecular flexibility index (Phi) is 5.42. The van der Waals surface area contributed by atoms with Gasteiger partial charge in [-0.05, 0) is 35.6 Å². The van der Waals surface area contributed by atoms with Crippen molar-refractivity contribution in [2.24, 2.45) is 0 Å². The van der Waals surface area contributed by atoms with E-state index in [9.17, 15) is 14.4 Å². The predicted molar refractivity (Wildman–Crippen MR) is 126 cm³/mol. The van der Waals surface area contributed by atoms with Crippen LogP contribution in [0.15, 0.2) is 84.9 Å². The number of nitrogens with one attached hydrogen (secondary N) is 1. The molecular formula is C27H25N3O3. The van der Waals surface area contributed by atoms with Crippen LogP contribution in [0, 0.1) is 0 Å². The molecule has 0 unspecified atom stereocenters. The maximum absolute atomic E-state index is 13.8. The minimum Gasteiger partial charge on any atom is -0.319 e. The summed E-state index contributed by atoms with van der Waals surface area (Å²) in [5, 5.41) is 2.93. The second-order valence-electron chi connectivity index (χ2n) is 8.53. The lowest BCUT2D eigenvalue weighted by Gasteiger charge is -2.31. The number of fused-ring (bicyclic) bond motifs is 1. The van der Waals surface area contributed by atoms with Gasteiger partial charge in [0.1, 0.15) is 6.54 Å². The molecule has 1 N–H and O–H groups in total. The van der Waals surface area contributed by atoms with Gasteiger partial charge in [-0.1, -0.05) is 78.9 Å². The maximum atomic E-state index is 13.8. The van der Waals surface area contributed by atoms with Crippen LogP contribution < -0.4 is 10.2 Å². The highest BCUT2D eigenvalue weighted by Crippen LogP contribution is 2.33. The van der Waals surface area contributed by atoms with Crippen LogP contribution in [0.25, 0.3) is 0 Å². The Morgan fingerprint density at radius 2 is 1.55 bits per heavy atom. The molecule has 6 nitrogen and oxygen atoms in total. The smallest absolute Gasteiger partial charge is 0.319 e. The standard InChI is InChI=1S/C27H25N3O3/c31-24(29-17-9-13-21-12-7-8-16-23(21)29)19-30-25(32)27(28-26(30)33,22-14-5-2-6-15-22)18-20-10-3-1-4-11-20/h1-8,10-12,14-16H,9,13,17-19H2,(H,28,33)/t27-/m1/s1. The zero-order chi connectivity index (χ0) is 22.8. The highest BCUT2D eigenvalue weighted by Gasteiger charge is 2.53. The average molecular weight is 440 g/mol. The van der Waals surface area contributed by atoms with Gasteiger partial charge in [-0.25, -0.2) is 4.79 Å². The second kappa shape index (κ2) is 8.54. The number of nitrogens with zero attached hydrogens (tertiary/aromatic N) is 2. The first-order valence-electron chi connectivity index (χ1n) is 11.2. The average Bonchev–Trinajstić information content (AvgIpc) is 3.09. The van der Waals surface area contributed by atoms with Crippen molar-refractivity contribution in [3.05, 3.63) is 102 Å². The zero-order valence-electron chi connectivity index (χ0n) is 18.2. The molecule has 0 aliphatic carbocycles. The number of rotatable bonds is 5. The predicted octanol–water partition coefficient (Wildman–Crippen LogP) is 3.66. The van der Waals surface area contributed by atoms with Crippen molar-refractivity contribution in [3.63, 3.8) is 0 Å². The largest absolute Gasteiger partial charge is 0.325 e. The number of aryl methyl sites for hydroxylation is 1. The van der Waals surface area contributed by atoms with Crippen molar-refractivity contribution in [2.45, 2.75) is 24.8 Å². The number of benzene rings is 3. The van der Waals surface area contributed by atoms with Gasteiger partial charge in [0, 0.05) is 18.7 Å². The number of amides is 4. The van der Waals surface area contributed by atoms with Crippen LogP contribution in [0.3, 0.4) is 0 Å². The second-order valence-corrected chi connectivity index (χ2v) is 8.53. The van der Waals surface area contributed by atoms with Crippen LogP contribution in [-0.4, -0.2) is 35.8 Å². The van der Waals surface area contributed by atoms with E-state index in [4.69, 9.17) is 0 Å². The van der Waals surface area contributed by atoms with Crippen molar-refractivity contribution in [1.82, 2.24) is 10.2 Å². The molecule has 1 saturated heterocycles. The van der Waals surface area contributed by atoms with Crippen LogP contribution >= 0.6 is 0 Å². The Morgan fingerprint density at radius 1 is 0.879 bits per heavy atom. The van der Waals surface area contributed by atoms with Gasteiger partial charge in [-0.2, -0.15) is 0 Å². The molecule has 2 heterocycles. The molecule has 0 bridgehead atoms. The molecule has 3 aromatic carbocycles. The van der Waals surface area contributed by atoms with Gasteiger partial charge in [-0.15, -0.1) is 0 Å².